The van der Waals surface area contributed by atoms with Crippen molar-refractivity contribution in [1.82, 2.24) is 15.4 Å². The lowest BCUT2D eigenvalue weighted by Crippen LogP contribution is -2.70. The molecule has 33 heavy (non-hydrogen) atoms. The molecular formula is C22H21N3O6S2. The molecule has 1 aromatic carbocycles. The number of allylic oxidation sites excluding steroid dienone is 1. The van der Waals surface area contributed by atoms with Crippen LogP contribution in [0.1, 0.15) is 12.7 Å². The van der Waals surface area contributed by atoms with Crippen LogP contribution in [-0.2, 0) is 14.4 Å². The minimum Gasteiger partial charge on any atom is -0.477 e. The van der Waals surface area contributed by atoms with Crippen molar-refractivity contribution in [2.24, 2.45) is 0 Å². The first kappa shape index (κ1) is 23.0. The van der Waals surface area contributed by atoms with Crippen LogP contribution in [0.2, 0.25) is 0 Å². The zero-order valence-corrected chi connectivity index (χ0v) is 19.2. The third-order valence-corrected chi connectivity index (χ3v) is 7.19. The summed E-state index contributed by atoms with van der Waals surface area (Å²) in [5, 5.41) is 15.8. The normalized spacial score (nSPS) is 19.9. The number of hydrogen-bond acceptors (Lipinski definition) is 8. The minimum absolute atomic E-state index is 0.0892. The van der Waals surface area contributed by atoms with Crippen LogP contribution in [0.4, 0.5) is 0 Å². The van der Waals surface area contributed by atoms with Gasteiger partial charge in [-0.3, -0.25) is 14.5 Å². The highest BCUT2D eigenvalue weighted by Gasteiger charge is 2.53. The summed E-state index contributed by atoms with van der Waals surface area (Å²) < 4.78 is 10.4. The number of fused-ring (bicyclic) bond motifs is 1. The van der Waals surface area contributed by atoms with Crippen molar-refractivity contribution in [3.8, 4) is 5.88 Å². The molecule has 1 fully saturated rings. The molecule has 2 atom stereocenters. The second-order valence-corrected chi connectivity index (χ2v) is 9.22. The Balaban J connectivity index is 1.41. The van der Waals surface area contributed by atoms with E-state index in [0.717, 1.165) is 4.90 Å². The van der Waals surface area contributed by atoms with Crippen LogP contribution in [0, 0.1) is 0 Å². The van der Waals surface area contributed by atoms with E-state index in [1.54, 1.807) is 18.2 Å². The van der Waals surface area contributed by atoms with Crippen LogP contribution in [0.5, 0.6) is 5.88 Å². The Morgan fingerprint density at radius 1 is 1.36 bits per heavy atom. The number of carboxylic acids is 1. The van der Waals surface area contributed by atoms with Gasteiger partial charge in [0, 0.05) is 16.7 Å². The summed E-state index contributed by atoms with van der Waals surface area (Å²) in [7, 11) is 0. The Labute approximate surface area is 198 Å². The van der Waals surface area contributed by atoms with Gasteiger partial charge in [-0.1, -0.05) is 24.3 Å². The molecule has 0 bridgehead atoms. The number of amides is 2. The molecule has 1 unspecified atom stereocenters. The standard InChI is InChI=1S/C22H21N3O6S2/c1-2-30-17-10-14(31-24-17)9-8-13-11-33-21-18(20(27)25(21)19(13)22(28)29)23-16(26)12-32-15-6-4-3-5-7-15/h3-10,18,21H,2,11-12H2,1H3,(H,23,26)(H,28,29)/b9-8+/t18-,21?/m1/s1. The molecule has 172 valence electrons. The zero-order chi connectivity index (χ0) is 23.4. The largest absolute Gasteiger partial charge is 0.477 e. The van der Waals surface area contributed by atoms with Gasteiger partial charge in [0.15, 0.2) is 5.76 Å². The molecule has 1 aromatic heterocycles. The number of carbonyl (C=O) groups excluding carboxylic acids is 2. The maximum Gasteiger partial charge on any atom is 0.352 e. The fourth-order valence-corrected chi connectivity index (χ4v) is 5.45. The van der Waals surface area contributed by atoms with E-state index in [1.165, 1.54) is 28.4 Å². The lowest BCUT2D eigenvalue weighted by atomic mass is 10.0. The van der Waals surface area contributed by atoms with E-state index >= 15 is 0 Å². The summed E-state index contributed by atoms with van der Waals surface area (Å²) in [5.74, 6) is -0.642. The van der Waals surface area contributed by atoms with Gasteiger partial charge in [-0.2, -0.15) is 0 Å². The second-order valence-electron chi connectivity index (χ2n) is 7.07. The van der Waals surface area contributed by atoms with Gasteiger partial charge in [-0.15, -0.1) is 23.5 Å². The summed E-state index contributed by atoms with van der Waals surface area (Å²) in [5.41, 5.74) is 0.379. The van der Waals surface area contributed by atoms with Gasteiger partial charge in [0.1, 0.15) is 17.1 Å². The number of β-lactam (4-membered cyclic amide) rings is 1. The van der Waals surface area contributed by atoms with E-state index in [1.807, 2.05) is 37.3 Å². The minimum atomic E-state index is -1.20. The van der Waals surface area contributed by atoms with Gasteiger partial charge < -0.3 is 19.7 Å². The van der Waals surface area contributed by atoms with Crippen LogP contribution >= 0.6 is 23.5 Å². The van der Waals surface area contributed by atoms with E-state index in [9.17, 15) is 19.5 Å². The van der Waals surface area contributed by atoms with Crippen molar-refractivity contribution < 1.29 is 28.8 Å². The molecule has 0 aliphatic carbocycles. The van der Waals surface area contributed by atoms with Crippen molar-refractivity contribution >= 4 is 47.4 Å². The number of carbonyl (C=O) groups is 3. The lowest BCUT2D eigenvalue weighted by molar-refractivity contribution is -0.150. The molecule has 2 aliphatic heterocycles. The summed E-state index contributed by atoms with van der Waals surface area (Å²) in [6.07, 6.45) is 3.18. The topological polar surface area (TPSA) is 122 Å². The highest BCUT2D eigenvalue weighted by atomic mass is 32.2. The van der Waals surface area contributed by atoms with E-state index < -0.39 is 23.3 Å². The third kappa shape index (κ3) is 5.09. The number of ether oxygens (including phenoxy) is 1. The second kappa shape index (κ2) is 10.2. The van der Waals surface area contributed by atoms with Crippen molar-refractivity contribution in [3.05, 3.63) is 59.5 Å². The first-order valence-corrected chi connectivity index (χ1v) is 12.2. The average Bonchev–Trinajstić information content (AvgIpc) is 3.27. The van der Waals surface area contributed by atoms with Crippen molar-refractivity contribution in [3.63, 3.8) is 0 Å². The first-order valence-electron chi connectivity index (χ1n) is 10.1. The van der Waals surface area contributed by atoms with Crippen molar-refractivity contribution in [2.45, 2.75) is 23.2 Å². The van der Waals surface area contributed by atoms with E-state index in [-0.39, 0.29) is 17.4 Å². The molecule has 3 heterocycles. The SMILES string of the molecule is CCOc1cc(/C=C/C2=C(C(=O)O)N3C(=O)[C@@H](NC(=O)CSc4ccccc4)C3SC2)on1. The van der Waals surface area contributed by atoms with Gasteiger partial charge in [-0.25, -0.2) is 4.79 Å². The number of carboxylic acid groups (broad SMARTS) is 1. The number of nitrogens with one attached hydrogen (secondary N) is 1. The smallest absolute Gasteiger partial charge is 0.352 e. The van der Waals surface area contributed by atoms with E-state index in [2.05, 4.69) is 10.5 Å². The van der Waals surface area contributed by atoms with Crippen LogP contribution < -0.4 is 10.1 Å². The van der Waals surface area contributed by atoms with Gasteiger partial charge >= 0.3 is 5.97 Å². The number of hydrogen-bond donors (Lipinski definition) is 2. The molecule has 0 saturated carbocycles. The summed E-state index contributed by atoms with van der Waals surface area (Å²) in [4.78, 5) is 39.2. The fraction of sp³-hybridized carbons (Fsp3) is 0.273. The number of nitrogens with zero attached hydrogens (tertiary/aromatic N) is 2. The van der Waals surface area contributed by atoms with Crippen LogP contribution in [-0.4, -0.2) is 62.5 Å². The van der Waals surface area contributed by atoms with Crippen molar-refractivity contribution in [2.75, 3.05) is 18.1 Å². The lowest BCUT2D eigenvalue weighted by Gasteiger charge is -2.49. The molecule has 11 heteroatoms. The summed E-state index contributed by atoms with van der Waals surface area (Å²) in [6.45, 7) is 2.27. The molecule has 9 nitrogen and oxygen atoms in total. The molecule has 2 N–H and O–H groups in total. The first-order chi connectivity index (χ1) is 16.0. The van der Waals surface area contributed by atoms with Gasteiger partial charge in [-0.05, 0) is 35.9 Å². The van der Waals surface area contributed by atoms with Crippen LogP contribution in [0.25, 0.3) is 6.08 Å². The number of rotatable bonds is 9. The third-order valence-electron chi connectivity index (χ3n) is 4.88. The van der Waals surface area contributed by atoms with Crippen LogP contribution in [0.15, 0.2) is 63.2 Å². The summed E-state index contributed by atoms with van der Waals surface area (Å²) in [6, 6.07) is 10.3. The Hall–Kier alpha value is -3.18. The van der Waals surface area contributed by atoms with Crippen LogP contribution in [0.3, 0.4) is 0 Å². The number of aliphatic carboxylic acids is 1. The quantitative estimate of drug-likeness (QED) is 0.406. The van der Waals surface area contributed by atoms with Crippen molar-refractivity contribution in [1.29, 1.82) is 0 Å². The molecule has 2 amide bonds. The monoisotopic (exact) mass is 487 g/mol. The van der Waals surface area contributed by atoms with Gasteiger partial charge in [0.25, 0.3) is 11.8 Å². The van der Waals surface area contributed by atoms with Gasteiger partial charge in [0.05, 0.1) is 12.4 Å². The van der Waals surface area contributed by atoms with E-state index in [0.29, 0.717) is 29.6 Å². The Bertz CT molecular complexity index is 1110. The molecule has 2 aliphatic rings. The predicted molar refractivity (Wildman–Crippen MR) is 124 cm³/mol. The zero-order valence-electron chi connectivity index (χ0n) is 17.6. The van der Waals surface area contributed by atoms with E-state index in [4.69, 9.17) is 9.26 Å². The maximum atomic E-state index is 12.7. The number of aromatic nitrogens is 1. The Kier molecular flexibility index (Phi) is 7.09. The average molecular weight is 488 g/mol. The molecular weight excluding hydrogens is 466 g/mol. The highest BCUT2D eigenvalue weighted by molar-refractivity contribution is 8.00. The maximum absolute atomic E-state index is 12.7. The Morgan fingerprint density at radius 3 is 2.88 bits per heavy atom. The molecule has 0 radical (unpaired) electrons. The molecule has 2 aromatic rings. The fourth-order valence-electron chi connectivity index (χ4n) is 3.40. The van der Waals surface area contributed by atoms with Gasteiger partial charge in [0.2, 0.25) is 5.91 Å². The predicted octanol–water partition coefficient (Wildman–Crippen LogP) is 2.62. The summed E-state index contributed by atoms with van der Waals surface area (Å²) >= 11 is 2.77. The number of benzene rings is 1. The molecule has 4 rings (SSSR count). The molecule has 0 spiro atoms. The highest BCUT2D eigenvalue weighted by Crippen LogP contribution is 2.40. The Morgan fingerprint density at radius 2 is 2.15 bits per heavy atom. The molecule has 1 saturated heterocycles. The number of thioether (sulfide) groups is 2.